The molecule has 1 saturated heterocycles. The number of likely N-dealkylation sites (tertiary alicyclic amines) is 1. The van der Waals surface area contributed by atoms with Gasteiger partial charge in [-0.2, -0.15) is 0 Å². The normalized spacial score (nSPS) is 29.1. The summed E-state index contributed by atoms with van der Waals surface area (Å²) >= 11 is 0. The Hall–Kier alpha value is -1.89. The van der Waals surface area contributed by atoms with Gasteiger partial charge in [-0.1, -0.05) is 52.7 Å². The van der Waals surface area contributed by atoms with Crippen molar-refractivity contribution in [3.63, 3.8) is 0 Å². The molecule has 0 spiro atoms. The minimum atomic E-state index is -0.704. The standard InChI is InChI=1S/C23H39N3O4/c1-6-8-9-12-25-22(29)20-16-11-10-15(7-2)18(21(28)24-5)19(16)23(30)26(20)17(13-27)14(3)4/h10-11,14-20,27H,6-9,12-13H2,1-5H3,(H,24,28)(H,25,29)/t15-,16+,17+,18-,19+,20+/m1/s1. The second kappa shape index (κ2) is 10.9. The van der Waals surface area contributed by atoms with E-state index in [1.54, 1.807) is 11.9 Å². The van der Waals surface area contributed by atoms with Crippen LogP contribution in [0.25, 0.3) is 0 Å². The lowest BCUT2D eigenvalue weighted by Gasteiger charge is -2.35. The molecule has 1 aliphatic heterocycles. The first-order valence-electron chi connectivity index (χ1n) is 11.4. The number of carbonyl (C=O) groups is 3. The summed E-state index contributed by atoms with van der Waals surface area (Å²) < 4.78 is 0. The van der Waals surface area contributed by atoms with E-state index in [9.17, 15) is 19.5 Å². The molecule has 1 fully saturated rings. The molecule has 3 amide bonds. The summed E-state index contributed by atoms with van der Waals surface area (Å²) in [5.41, 5.74) is 0. The van der Waals surface area contributed by atoms with E-state index in [0.717, 1.165) is 25.7 Å². The van der Waals surface area contributed by atoms with E-state index in [4.69, 9.17) is 0 Å². The summed E-state index contributed by atoms with van der Waals surface area (Å²) in [4.78, 5) is 41.2. The average Bonchev–Trinajstić information content (AvgIpc) is 3.02. The monoisotopic (exact) mass is 421 g/mol. The first-order chi connectivity index (χ1) is 14.3. The third-order valence-corrected chi connectivity index (χ3v) is 6.73. The largest absolute Gasteiger partial charge is 0.394 e. The van der Waals surface area contributed by atoms with Gasteiger partial charge in [0.15, 0.2) is 0 Å². The molecule has 0 aromatic carbocycles. The van der Waals surface area contributed by atoms with E-state index in [2.05, 4.69) is 17.6 Å². The molecule has 6 atom stereocenters. The Kier molecular flexibility index (Phi) is 8.89. The number of unbranched alkanes of at least 4 members (excludes halogenated alkanes) is 2. The molecule has 170 valence electrons. The highest BCUT2D eigenvalue weighted by molar-refractivity contribution is 5.97. The minimum Gasteiger partial charge on any atom is -0.394 e. The number of hydrogen-bond acceptors (Lipinski definition) is 4. The lowest BCUT2D eigenvalue weighted by atomic mass is 9.69. The van der Waals surface area contributed by atoms with Gasteiger partial charge >= 0.3 is 0 Å². The summed E-state index contributed by atoms with van der Waals surface area (Å²) in [6.45, 7) is 8.34. The minimum absolute atomic E-state index is 0.0149. The van der Waals surface area contributed by atoms with E-state index in [1.807, 2.05) is 32.9 Å². The fraction of sp³-hybridized carbons (Fsp3) is 0.783. The van der Waals surface area contributed by atoms with E-state index < -0.39 is 23.9 Å². The number of amides is 3. The van der Waals surface area contributed by atoms with Crippen molar-refractivity contribution in [1.29, 1.82) is 0 Å². The maximum absolute atomic E-state index is 13.6. The average molecular weight is 422 g/mol. The van der Waals surface area contributed by atoms with E-state index in [-0.39, 0.29) is 42.1 Å². The van der Waals surface area contributed by atoms with Crippen molar-refractivity contribution in [2.75, 3.05) is 20.2 Å². The van der Waals surface area contributed by atoms with Gasteiger partial charge in [0.05, 0.1) is 24.5 Å². The molecule has 30 heavy (non-hydrogen) atoms. The molecule has 0 aromatic heterocycles. The van der Waals surface area contributed by atoms with E-state index in [0.29, 0.717) is 6.54 Å². The van der Waals surface area contributed by atoms with Crippen molar-refractivity contribution in [3.8, 4) is 0 Å². The number of allylic oxidation sites excluding steroid dienone is 1. The van der Waals surface area contributed by atoms with Gasteiger partial charge in [-0.05, 0) is 24.7 Å². The molecular formula is C23H39N3O4. The molecule has 0 unspecified atom stereocenters. The van der Waals surface area contributed by atoms with Crippen LogP contribution in [-0.4, -0.2) is 60.0 Å². The molecule has 1 aliphatic carbocycles. The highest BCUT2D eigenvalue weighted by Crippen LogP contribution is 2.46. The molecule has 7 nitrogen and oxygen atoms in total. The summed E-state index contributed by atoms with van der Waals surface area (Å²) in [7, 11) is 1.59. The highest BCUT2D eigenvalue weighted by Gasteiger charge is 2.58. The summed E-state index contributed by atoms with van der Waals surface area (Å²) in [5, 5.41) is 15.8. The second-order valence-electron chi connectivity index (χ2n) is 8.88. The first kappa shape index (κ1) is 24.4. The van der Waals surface area contributed by atoms with Crippen LogP contribution in [0.5, 0.6) is 0 Å². The summed E-state index contributed by atoms with van der Waals surface area (Å²) in [6.07, 6.45) is 7.68. The van der Waals surface area contributed by atoms with Crippen LogP contribution in [0, 0.1) is 29.6 Å². The van der Waals surface area contributed by atoms with Crippen molar-refractivity contribution in [1.82, 2.24) is 15.5 Å². The number of aliphatic hydroxyl groups excluding tert-OH is 1. The lowest BCUT2D eigenvalue weighted by Crippen LogP contribution is -2.54. The molecule has 1 heterocycles. The van der Waals surface area contributed by atoms with Crippen molar-refractivity contribution in [2.24, 2.45) is 29.6 Å². The van der Waals surface area contributed by atoms with Crippen LogP contribution in [0.3, 0.4) is 0 Å². The number of nitrogens with one attached hydrogen (secondary N) is 2. The zero-order chi connectivity index (χ0) is 22.4. The van der Waals surface area contributed by atoms with Crippen LogP contribution in [0.1, 0.15) is 53.4 Å². The van der Waals surface area contributed by atoms with Crippen LogP contribution in [0.4, 0.5) is 0 Å². The smallest absolute Gasteiger partial charge is 0.243 e. The number of carbonyl (C=O) groups excluding carboxylic acids is 3. The van der Waals surface area contributed by atoms with Gasteiger partial charge in [-0.25, -0.2) is 0 Å². The van der Waals surface area contributed by atoms with Crippen LogP contribution < -0.4 is 10.6 Å². The second-order valence-corrected chi connectivity index (χ2v) is 8.88. The van der Waals surface area contributed by atoms with Gasteiger partial charge in [0.25, 0.3) is 0 Å². The molecule has 3 N–H and O–H groups in total. The van der Waals surface area contributed by atoms with Gasteiger partial charge in [0.2, 0.25) is 17.7 Å². The molecule has 0 saturated carbocycles. The van der Waals surface area contributed by atoms with Gasteiger partial charge in [-0.3, -0.25) is 14.4 Å². The number of fused-ring (bicyclic) bond motifs is 1. The van der Waals surface area contributed by atoms with Gasteiger partial charge in [0.1, 0.15) is 6.04 Å². The predicted octanol–water partition coefficient (Wildman–Crippen LogP) is 1.71. The molecule has 0 aromatic rings. The quantitative estimate of drug-likeness (QED) is 0.369. The van der Waals surface area contributed by atoms with Gasteiger partial charge in [-0.15, -0.1) is 0 Å². The number of aliphatic hydroxyl groups is 1. The molecule has 0 bridgehead atoms. The molecular weight excluding hydrogens is 382 g/mol. The maximum Gasteiger partial charge on any atom is 0.243 e. The van der Waals surface area contributed by atoms with E-state index in [1.165, 1.54) is 0 Å². The van der Waals surface area contributed by atoms with Gasteiger partial charge < -0.3 is 20.6 Å². The maximum atomic E-state index is 13.6. The number of rotatable bonds is 10. The first-order valence-corrected chi connectivity index (χ1v) is 11.4. The zero-order valence-electron chi connectivity index (χ0n) is 19.1. The summed E-state index contributed by atoms with van der Waals surface area (Å²) in [6, 6.07) is -1.17. The molecule has 7 heteroatoms. The van der Waals surface area contributed by atoms with Crippen molar-refractivity contribution < 1.29 is 19.5 Å². The summed E-state index contributed by atoms with van der Waals surface area (Å²) in [5.74, 6) is -2.08. The Labute approximate surface area is 180 Å². The molecule has 2 aliphatic rings. The molecule has 0 radical (unpaired) electrons. The van der Waals surface area contributed by atoms with Crippen molar-refractivity contribution >= 4 is 17.7 Å². The molecule has 2 rings (SSSR count). The third-order valence-electron chi connectivity index (χ3n) is 6.73. The van der Waals surface area contributed by atoms with E-state index >= 15 is 0 Å². The Morgan fingerprint density at radius 2 is 1.87 bits per heavy atom. The lowest BCUT2D eigenvalue weighted by molar-refractivity contribution is -0.144. The van der Waals surface area contributed by atoms with Crippen molar-refractivity contribution in [2.45, 2.75) is 65.5 Å². The van der Waals surface area contributed by atoms with Gasteiger partial charge in [0, 0.05) is 19.5 Å². The third kappa shape index (κ3) is 4.71. The Bertz CT molecular complexity index is 648. The van der Waals surface area contributed by atoms with Crippen LogP contribution in [-0.2, 0) is 14.4 Å². The Morgan fingerprint density at radius 1 is 1.17 bits per heavy atom. The SMILES string of the molecule is CCCCCNC(=O)[C@@H]1[C@H]2C=C[C@@H](CC)[C@@H](C(=O)NC)[C@H]2C(=O)N1[C@@H](CO)C(C)C. The fourth-order valence-corrected chi connectivity index (χ4v) is 5.03. The zero-order valence-corrected chi connectivity index (χ0v) is 19.1. The topological polar surface area (TPSA) is 98.7 Å². The van der Waals surface area contributed by atoms with Crippen LogP contribution >= 0.6 is 0 Å². The predicted molar refractivity (Wildman–Crippen MR) is 116 cm³/mol. The fourth-order valence-electron chi connectivity index (χ4n) is 5.03. The Balaban J connectivity index is 2.43. The van der Waals surface area contributed by atoms with Crippen LogP contribution in [0.15, 0.2) is 12.2 Å². The van der Waals surface area contributed by atoms with Crippen LogP contribution in [0.2, 0.25) is 0 Å². The number of nitrogens with zero attached hydrogens (tertiary/aromatic N) is 1. The highest BCUT2D eigenvalue weighted by atomic mass is 16.3. The Morgan fingerprint density at radius 3 is 2.40 bits per heavy atom. The number of hydrogen-bond donors (Lipinski definition) is 3. The van der Waals surface area contributed by atoms with Crippen molar-refractivity contribution in [3.05, 3.63) is 12.2 Å².